The van der Waals surface area contributed by atoms with Crippen LogP contribution in [0.1, 0.15) is 47.7 Å². The van der Waals surface area contributed by atoms with Gasteiger partial charge in [0.05, 0.1) is 11.5 Å². The van der Waals surface area contributed by atoms with Crippen molar-refractivity contribution in [2.75, 3.05) is 25.6 Å². The van der Waals surface area contributed by atoms with Crippen molar-refractivity contribution in [3.63, 3.8) is 0 Å². The maximum atomic E-state index is 13.8. The van der Waals surface area contributed by atoms with Crippen molar-refractivity contribution in [2.24, 2.45) is 29.4 Å². The molecule has 2 saturated carbocycles. The fourth-order valence-corrected chi connectivity index (χ4v) is 6.18. The van der Waals surface area contributed by atoms with Crippen molar-refractivity contribution in [3.05, 3.63) is 22.8 Å². The average molecular weight is 516 g/mol. The second-order valence-electron chi connectivity index (χ2n) is 10.7. The van der Waals surface area contributed by atoms with Crippen molar-refractivity contribution in [2.45, 2.75) is 50.8 Å². The number of nitrogens with one attached hydrogen (secondary N) is 1. The van der Waals surface area contributed by atoms with Crippen molar-refractivity contribution >= 4 is 34.7 Å². The summed E-state index contributed by atoms with van der Waals surface area (Å²) in [5.41, 5.74) is 4.19. The number of hydrogen-bond acceptors (Lipinski definition) is 10. The molecular weight excluding hydrogens is 482 g/mol. The zero-order valence-corrected chi connectivity index (χ0v) is 21.1. The number of aromatic hydroxyl groups is 1. The second-order valence-corrected chi connectivity index (χ2v) is 10.7. The summed E-state index contributed by atoms with van der Waals surface area (Å²) in [6, 6.07) is 1.71. The number of carbonyl (C=O) groups excluding carboxylic acids is 5. The second kappa shape index (κ2) is 9.62. The summed E-state index contributed by atoms with van der Waals surface area (Å²) in [4.78, 5) is 66.6. The number of phenolic OH excluding ortho intramolecular Hbond substituents is 1. The summed E-state index contributed by atoms with van der Waals surface area (Å²) in [6.45, 7) is 2.06. The first-order valence-electron chi connectivity index (χ1n) is 12.4. The van der Waals surface area contributed by atoms with Crippen LogP contribution in [0, 0.1) is 23.7 Å². The minimum Gasteiger partial charge on any atom is -0.507 e. The fourth-order valence-electron chi connectivity index (χ4n) is 6.18. The number of hydrogen-bond donors (Lipinski definition) is 5. The number of nitrogens with two attached hydrogens (primary N) is 1. The number of Topliss-reactive ketones (excluding diaryl/α,β-unsaturated/α-hetero) is 4. The van der Waals surface area contributed by atoms with Gasteiger partial charge in [-0.2, -0.15) is 0 Å². The summed E-state index contributed by atoms with van der Waals surface area (Å²) in [5.74, 6) is -10.2. The van der Waals surface area contributed by atoms with E-state index in [0.717, 1.165) is 0 Å². The summed E-state index contributed by atoms with van der Waals surface area (Å²) < 4.78 is 0. The van der Waals surface area contributed by atoms with Crippen molar-refractivity contribution in [1.29, 1.82) is 0 Å². The Hall–Kier alpha value is -3.15. The maximum Gasteiger partial charge on any atom is 0.235 e. The third kappa shape index (κ3) is 4.14. The van der Waals surface area contributed by atoms with Crippen molar-refractivity contribution in [1.82, 2.24) is 5.32 Å². The van der Waals surface area contributed by atoms with E-state index in [4.69, 9.17) is 10.8 Å². The van der Waals surface area contributed by atoms with Gasteiger partial charge in [-0.1, -0.05) is 0 Å². The van der Waals surface area contributed by atoms with Gasteiger partial charge in [0, 0.05) is 56.9 Å². The number of benzene rings is 1. The van der Waals surface area contributed by atoms with Crippen LogP contribution in [0.4, 0.5) is 5.69 Å². The number of aliphatic hydroxyl groups is 2. The number of ketones is 4. The monoisotopic (exact) mass is 515 g/mol. The first-order chi connectivity index (χ1) is 17.3. The maximum absolute atomic E-state index is 13.8. The number of amides is 1. The highest BCUT2D eigenvalue weighted by molar-refractivity contribution is 6.31. The van der Waals surface area contributed by atoms with Gasteiger partial charge in [-0.05, 0) is 43.7 Å². The van der Waals surface area contributed by atoms with E-state index in [2.05, 4.69) is 5.32 Å². The van der Waals surface area contributed by atoms with Gasteiger partial charge in [0.2, 0.25) is 5.91 Å². The van der Waals surface area contributed by atoms with Crippen LogP contribution in [-0.2, 0) is 32.1 Å². The molecule has 1 amide bonds. The molecule has 3 unspecified atom stereocenters. The normalized spacial score (nSPS) is 29.9. The molecule has 0 aromatic heterocycles. The molecule has 0 aliphatic heterocycles. The van der Waals surface area contributed by atoms with Gasteiger partial charge in [0.25, 0.3) is 0 Å². The quantitative estimate of drug-likeness (QED) is 0.289. The van der Waals surface area contributed by atoms with E-state index in [1.54, 1.807) is 25.1 Å². The number of carbonyl (C=O) groups is 5. The smallest absolute Gasteiger partial charge is 0.235 e. The summed E-state index contributed by atoms with van der Waals surface area (Å²) in [6.07, 6.45) is 0.401. The van der Waals surface area contributed by atoms with Gasteiger partial charge in [-0.25, -0.2) is 0 Å². The Morgan fingerprint density at radius 3 is 2.49 bits per heavy atom. The molecule has 4 rings (SSSR count). The number of nitrogens with zero attached hydrogens (tertiary/aromatic N) is 1. The molecule has 37 heavy (non-hydrogen) atoms. The molecular formula is C26H33N3O8. The Bertz CT molecular complexity index is 1190. The van der Waals surface area contributed by atoms with Crippen LogP contribution in [0.15, 0.2) is 6.07 Å². The van der Waals surface area contributed by atoms with E-state index in [-0.39, 0.29) is 49.8 Å². The Kier molecular flexibility index (Phi) is 7.00. The molecule has 11 heteroatoms. The van der Waals surface area contributed by atoms with Gasteiger partial charge >= 0.3 is 0 Å². The van der Waals surface area contributed by atoms with Crippen LogP contribution < -0.4 is 16.0 Å². The first kappa shape index (κ1) is 26.9. The number of phenols is 1. The predicted octanol–water partition coefficient (Wildman–Crippen LogP) is -0.747. The van der Waals surface area contributed by atoms with Crippen LogP contribution in [0.5, 0.6) is 5.75 Å². The van der Waals surface area contributed by atoms with Gasteiger partial charge < -0.3 is 31.3 Å². The Balaban J connectivity index is 1.77. The molecule has 0 heterocycles. The van der Waals surface area contributed by atoms with Gasteiger partial charge in [-0.3, -0.25) is 24.0 Å². The van der Waals surface area contributed by atoms with E-state index in [9.17, 15) is 34.2 Å². The molecule has 1 aromatic rings. The average Bonchev–Trinajstić information content (AvgIpc) is 2.80. The number of rotatable bonds is 7. The SMILES string of the molecule is CC(CCO)NCc1cc(N(C)C)c2c(c1O)C(=O)C1C(=O)[C@]3(O)C(=O)C(C(N)=O)C(=O)C[C@@H]3C[C@@H]1C2. The van der Waals surface area contributed by atoms with E-state index in [1.165, 1.54) is 0 Å². The largest absolute Gasteiger partial charge is 0.507 e. The fraction of sp³-hybridized carbons (Fsp3) is 0.577. The van der Waals surface area contributed by atoms with E-state index < -0.39 is 58.3 Å². The summed E-state index contributed by atoms with van der Waals surface area (Å²) in [5, 5.41) is 34.8. The number of anilines is 1. The van der Waals surface area contributed by atoms with Crippen LogP contribution in [0.25, 0.3) is 0 Å². The minimum atomic E-state index is -2.67. The molecule has 6 N–H and O–H groups in total. The Morgan fingerprint density at radius 1 is 1.22 bits per heavy atom. The molecule has 0 saturated heterocycles. The lowest BCUT2D eigenvalue weighted by atomic mass is 9.53. The third-order valence-electron chi connectivity index (χ3n) is 8.14. The predicted molar refractivity (Wildman–Crippen MR) is 131 cm³/mol. The molecule has 6 atom stereocenters. The molecule has 2 fully saturated rings. The van der Waals surface area contributed by atoms with Crippen LogP contribution >= 0.6 is 0 Å². The topological polar surface area (TPSA) is 187 Å². The Labute approximate surface area is 214 Å². The third-order valence-corrected chi connectivity index (χ3v) is 8.14. The van der Waals surface area contributed by atoms with Crippen LogP contribution in [0.3, 0.4) is 0 Å². The molecule has 3 aliphatic rings. The lowest BCUT2D eigenvalue weighted by Crippen LogP contribution is -2.68. The standard InChI is InChI=1S/C26H33N3O8/c1-11(4-5-30)28-10-13-8-16(29(2)3)15-7-12-6-14-9-17(31)20(25(27)36)24(35)26(14,37)23(34)18(12)22(33)19(15)21(13)32/h8,11-12,14,18,20,28,30,32,37H,4-7,9-10H2,1-3H3,(H2,27,36)/t11?,12-,14+,18?,20?,26+/m1/s1. The summed E-state index contributed by atoms with van der Waals surface area (Å²) >= 11 is 0. The highest BCUT2D eigenvalue weighted by Gasteiger charge is 2.66. The van der Waals surface area contributed by atoms with Crippen molar-refractivity contribution in [3.8, 4) is 5.75 Å². The van der Waals surface area contributed by atoms with Gasteiger partial charge in [0.15, 0.2) is 34.7 Å². The van der Waals surface area contributed by atoms with Gasteiger partial charge in [0.1, 0.15) is 5.75 Å². The number of fused-ring (bicyclic) bond motifs is 3. The lowest BCUT2D eigenvalue weighted by Gasteiger charge is -2.48. The first-order valence-corrected chi connectivity index (χ1v) is 12.4. The van der Waals surface area contributed by atoms with Crippen molar-refractivity contribution < 1.29 is 39.3 Å². The molecule has 0 bridgehead atoms. The highest BCUT2D eigenvalue weighted by Crippen LogP contribution is 2.51. The van der Waals surface area contributed by atoms with Gasteiger partial charge in [-0.15, -0.1) is 0 Å². The lowest BCUT2D eigenvalue weighted by molar-refractivity contribution is -0.175. The molecule has 0 spiro atoms. The van der Waals surface area contributed by atoms with Crippen LogP contribution in [-0.4, -0.2) is 76.7 Å². The molecule has 11 nitrogen and oxygen atoms in total. The van der Waals surface area contributed by atoms with E-state index in [1.807, 2.05) is 6.92 Å². The molecule has 1 aromatic carbocycles. The van der Waals surface area contributed by atoms with E-state index in [0.29, 0.717) is 23.2 Å². The van der Waals surface area contributed by atoms with E-state index >= 15 is 0 Å². The summed E-state index contributed by atoms with van der Waals surface area (Å²) in [7, 11) is 3.59. The number of primary amides is 1. The van der Waals surface area contributed by atoms with Crippen LogP contribution in [0.2, 0.25) is 0 Å². The number of aliphatic hydroxyl groups excluding tert-OH is 1. The zero-order chi connectivity index (χ0) is 27.4. The zero-order valence-electron chi connectivity index (χ0n) is 21.1. The molecule has 200 valence electrons. The Morgan fingerprint density at radius 2 is 1.89 bits per heavy atom. The molecule has 3 aliphatic carbocycles. The minimum absolute atomic E-state index is 0.0121. The molecule has 0 radical (unpaired) electrons. The highest BCUT2D eigenvalue weighted by atomic mass is 16.3.